The molecule has 1 aromatic heterocycles. The second-order valence-electron chi connectivity index (χ2n) is 4.64. The first-order valence-corrected chi connectivity index (χ1v) is 8.46. The maximum absolute atomic E-state index is 6.13. The summed E-state index contributed by atoms with van der Waals surface area (Å²) in [4.78, 5) is 4.22. The summed E-state index contributed by atoms with van der Waals surface area (Å²) in [6.45, 7) is 3.96. The Morgan fingerprint density at radius 1 is 1.47 bits per heavy atom. The smallest absolute Gasteiger partial charge is 0.379 e. The molecule has 0 aliphatic carbocycles. The van der Waals surface area contributed by atoms with E-state index < -0.39 is 8.80 Å². The lowest BCUT2D eigenvalue weighted by Crippen LogP contribution is -2.50. The number of imidazole rings is 1. The van der Waals surface area contributed by atoms with E-state index in [0.717, 1.165) is 24.9 Å². The van der Waals surface area contributed by atoms with Crippen LogP contribution in [0, 0.1) is 6.92 Å². The third-order valence-corrected chi connectivity index (χ3v) is 6.27. The molecule has 1 unspecified atom stereocenters. The molecule has 1 fully saturated rings. The second-order valence-corrected chi connectivity index (χ2v) is 7.55. The molecule has 0 aromatic carbocycles. The van der Waals surface area contributed by atoms with Gasteiger partial charge < -0.3 is 22.6 Å². The van der Waals surface area contributed by atoms with E-state index in [0.29, 0.717) is 13.2 Å². The molecule has 108 valence electrons. The molecule has 0 spiro atoms. The quantitative estimate of drug-likeness (QED) is 0.779. The topological polar surface area (TPSA) is 54.7 Å². The van der Waals surface area contributed by atoms with E-state index in [9.17, 15) is 0 Å². The number of hydrogen-bond acceptors (Lipinski definition) is 5. The van der Waals surface area contributed by atoms with Gasteiger partial charge in [-0.2, -0.15) is 0 Å². The van der Waals surface area contributed by atoms with Gasteiger partial charge in [-0.25, -0.2) is 4.98 Å². The molecule has 0 amide bonds. The van der Waals surface area contributed by atoms with E-state index in [1.54, 1.807) is 20.4 Å². The molecule has 7 heteroatoms. The van der Waals surface area contributed by atoms with Gasteiger partial charge in [0.25, 0.3) is 0 Å². The van der Waals surface area contributed by atoms with Crippen molar-refractivity contribution in [3.63, 3.8) is 0 Å². The summed E-state index contributed by atoms with van der Waals surface area (Å²) in [5.74, 6) is 0.966. The minimum Gasteiger partial charge on any atom is -0.379 e. The Kier molecular flexibility index (Phi) is 5.11. The van der Waals surface area contributed by atoms with Crippen LogP contribution in [0.25, 0.3) is 0 Å². The SMILES string of the molecule is CO[Si]1(OC)CCCOCC(Cn2ccnc2C)O1. The van der Waals surface area contributed by atoms with Crippen molar-refractivity contribution < 1.29 is 18.0 Å². The number of rotatable bonds is 4. The largest absolute Gasteiger partial charge is 0.500 e. The Morgan fingerprint density at radius 2 is 2.26 bits per heavy atom. The lowest BCUT2D eigenvalue weighted by molar-refractivity contribution is -0.0210. The molecule has 0 N–H and O–H groups in total. The van der Waals surface area contributed by atoms with Crippen molar-refractivity contribution in [3.05, 3.63) is 18.2 Å². The zero-order valence-corrected chi connectivity index (χ0v) is 12.8. The number of ether oxygens (including phenoxy) is 1. The number of hydrogen-bond donors (Lipinski definition) is 0. The third-order valence-electron chi connectivity index (χ3n) is 3.37. The van der Waals surface area contributed by atoms with Crippen LogP contribution in [0.15, 0.2) is 12.4 Å². The highest BCUT2D eigenvalue weighted by Crippen LogP contribution is 2.21. The van der Waals surface area contributed by atoms with Crippen LogP contribution in [0.5, 0.6) is 0 Å². The van der Waals surface area contributed by atoms with E-state index in [4.69, 9.17) is 18.0 Å². The number of aromatic nitrogens is 2. The maximum atomic E-state index is 6.13. The molecule has 1 aromatic rings. The first-order valence-electron chi connectivity index (χ1n) is 6.53. The first-order chi connectivity index (χ1) is 9.19. The Hall–Kier alpha value is -0.733. The van der Waals surface area contributed by atoms with Crippen molar-refractivity contribution >= 4 is 8.80 Å². The van der Waals surface area contributed by atoms with E-state index >= 15 is 0 Å². The van der Waals surface area contributed by atoms with Crippen LogP contribution in [-0.4, -0.2) is 51.9 Å². The molecule has 2 heterocycles. The van der Waals surface area contributed by atoms with Gasteiger partial charge in [0.05, 0.1) is 19.3 Å². The molecule has 19 heavy (non-hydrogen) atoms. The van der Waals surface area contributed by atoms with E-state index in [-0.39, 0.29) is 6.10 Å². The van der Waals surface area contributed by atoms with Crippen LogP contribution in [0.4, 0.5) is 0 Å². The van der Waals surface area contributed by atoms with Crippen LogP contribution in [0.1, 0.15) is 12.2 Å². The molecular formula is C12H22N2O4Si. The zero-order chi connectivity index (χ0) is 13.7. The molecule has 6 nitrogen and oxygen atoms in total. The highest BCUT2D eigenvalue weighted by atomic mass is 28.4. The first kappa shape index (κ1) is 14.7. The highest BCUT2D eigenvalue weighted by Gasteiger charge is 2.42. The van der Waals surface area contributed by atoms with Gasteiger partial charge >= 0.3 is 8.80 Å². The van der Waals surface area contributed by atoms with Gasteiger partial charge in [-0.1, -0.05) is 0 Å². The van der Waals surface area contributed by atoms with Crippen molar-refractivity contribution in [2.45, 2.75) is 32.0 Å². The number of nitrogens with zero attached hydrogens (tertiary/aromatic N) is 2. The molecule has 1 saturated heterocycles. The Labute approximate surface area is 115 Å². The van der Waals surface area contributed by atoms with Gasteiger partial charge in [-0.15, -0.1) is 0 Å². The molecule has 0 saturated carbocycles. The van der Waals surface area contributed by atoms with Gasteiger partial charge in [0.15, 0.2) is 0 Å². The van der Waals surface area contributed by atoms with Crippen molar-refractivity contribution in [2.24, 2.45) is 0 Å². The summed E-state index contributed by atoms with van der Waals surface area (Å²) < 4.78 is 24.9. The fraction of sp³-hybridized carbons (Fsp3) is 0.750. The van der Waals surface area contributed by atoms with Crippen LogP contribution in [0.2, 0.25) is 6.04 Å². The van der Waals surface area contributed by atoms with Gasteiger partial charge in [-0.05, 0) is 13.3 Å². The molecule has 1 aliphatic rings. The zero-order valence-electron chi connectivity index (χ0n) is 11.8. The molecule has 1 aliphatic heterocycles. The van der Waals surface area contributed by atoms with Gasteiger partial charge in [0.1, 0.15) is 5.82 Å². The lowest BCUT2D eigenvalue weighted by atomic mass is 10.3. The minimum absolute atomic E-state index is 0.0697. The Morgan fingerprint density at radius 3 is 2.89 bits per heavy atom. The number of aryl methyl sites for hydroxylation is 1. The molecular weight excluding hydrogens is 264 g/mol. The van der Waals surface area contributed by atoms with E-state index in [1.165, 1.54) is 0 Å². The summed E-state index contributed by atoms with van der Waals surface area (Å²) in [5.41, 5.74) is 0. The van der Waals surface area contributed by atoms with E-state index in [1.807, 2.05) is 13.1 Å². The fourth-order valence-corrected chi connectivity index (χ4v) is 4.36. The summed E-state index contributed by atoms with van der Waals surface area (Å²) in [6, 6.07) is 0.791. The summed E-state index contributed by atoms with van der Waals surface area (Å²) in [5, 5.41) is 0. The van der Waals surface area contributed by atoms with Gasteiger partial charge in [0.2, 0.25) is 0 Å². The van der Waals surface area contributed by atoms with Crippen LogP contribution in [0.3, 0.4) is 0 Å². The predicted molar refractivity (Wildman–Crippen MR) is 71.9 cm³/mol. The normalized spacial score (nSPS) is 23.8. The van der Waals surface area contributed by atoms with Gasteiger partial charge in [0, 0.05) is 39.3 Å². The molecule has 1 atom stereocenters. The molecule has 0 bridgehead atoms. The van der Waals surface area contributed by atoms with Crippen LogP contribution >= 0.6 is 0 Å². The summed E-state index contributed by atoms with van der Waals surface area (Å²) in [7, 11) is 0.788. The lowest BCUT2D eigenvalue weighted by Gasteiger charge is -2.33. The van der Waals surface area contributed by atoms with Crippen molar-refractivity contribution in [2.75, 3.05) is 27.4 Å². The molecule has 0 radical (unpaired) electrons. The maximum Gasteiger partial charge on any atom is 0.500 e. The van der Waals surface area contributed by atoms with Crippen LogP contribution in [-0.2, 0) is 24.6 Å². The predicted octanol–water partition coefficient (Wildman–Crippen LogP) is 1.23. The van der Waals surface area contributed by atoms with Crippen molar-refractivity contribution in [1.29, 1.82) is 0 Å². The van der Waals surface area contributed by atoms with E-state index in [2.05, 4.69) is 9.55 Å². The van der Waals surface area contributed by atoms with Crippen LogP contribution < -0.4 is 0 Å². The Balaban J connectivity index is 2.06. The molecule has 2 rings (SSSR count). The highest BCUT2D eigenvalue weighted by molar-refractivity contribution is 6.60. The minimum atomic E-state index is -2.54. The third kappa shape index (κ3) is 3.64. The summed E-state index contributed by atoms with van der Waals surface area (Å²) >= 11 is 0. The van der Waals surface area contributed by atoms with Crippen molar-refractivity contribution in [1.82, 2.24) is 9.55 Å². The van der Waals surface area contributed by atoms with Gasteiger partial charge in [-0.3, -0.25) is 0 Å². The second kappa shape index (κ2) is 6.62. The Bertz CT molecular complexity index is 395. The monoisotopic (exact) mass is 286 g/mol. The average Bonchev–Trinajstić information content (AvgIpc) is 2.79. The summed E-state index contributed by atoms with van der Waals surface area (Å²) in [6.07, 6.45) is 4.57. The average molecular weight is 286 g/mol. The van der Waals surface area contributed by atoms with Crippen molar-refractivity contribution in [3.8, 4) is 0 Å². The standard InChI is InChI=1S/C12H22N2O4Si/c1-11-13-5-6-14(11)9-12-10-17-7-4-8-19(15-2,16-3)18-12/h5-6,12H,4,7-10H2,1-3H3. The fourth-order valence-electron chi connectivity index (χ4n) is 2.24.